The van der Waals surface area contributed by atoms with Crippen LogP contribution in [0.25, 0.3) is 0 Å². The van der Waals surface area contributed by atoms with Gasteiger partial charge >= 0.3 is 0 Å². The van der Waals surface area contributed by atoms with Gasteiger partial charge in [-0.15, -0.1) is 0 Å². The molecule has 0 bridgehead atoms. The molecule has 0 saturated carbocycles. The number of anilines is 1. The van der Waals surface area contributed by atoms with Crippen LogP contribution in [-0.2, 0) is 14.6 Å². The first-order valence-electron chi connectivity index (χ1n) is 11.3. The van der Waals surface area contributed by atoms with Gasteiger partial charge in [0, 0.05) is 13.1 Å². The number of morpholine rings is 1. The number of rotatable bonds is 6. The molecule has 0 amide bonds. The van der Waals surface area contributed by atoms with Gasteiger partial charge in [-0.2, -0.15) is 4.98 Å². The van der Waals surface area contributed by atoms with E-state index in [0.717, 1.165) is 16.7 Å². The van der Waals surface area contributed by atoms with Gasteiger partial charge in [0.1, 0.15) is 0 Å². The zero-order valence-corrected chi connectivity index (χ0v) is 19.7. The molecule has 2 heterocycles. The van der Waals surface area contributed by atoms with Crippen LogP contribution < -0.4 is 4.90 Å². The number of ether oxygens (including phenoxy) is 1. The molecule has 0 spiro atoms. The number of aryl methyl sites for hydroxylation is 1. The molecular weight excluding hydrogens is 448 g/mol. The van der Waals surface area contributed by atoms with Crippen molar-refractivity contribution in [2.75, 3.05) is 31.2 Å². The quantitative estimate of drug-likeness (QED) is 0.399. The van der Waals surface area contributed by atoms with Crippen molar-refractivity contribution in [2.45, 2.75) is 22.8 Å². The van der Waals surface area contributed by atoms with Gasteiger partial charge in [0.2, 0.25) is 26.6 Å². The maximum Gasteiger partial charge on any atom is 0.236 e. The molecule has 6 nitrogen and oxygen atoms in total. The van der Waals surface area contributed by atoms with Crippen LogP contribution in [0.15, 0.2) is 99.3 Å². The molecule has 1 aliphatic heterocycles. The Morgan fingerprint density at radius 3 is 1.94 bits per heavy atom. The largest absolute Gasteiger partial charge is 0.423 e. The second-order valence-corrected chi connectivity index (χ2v) is 10.2. The van der Waals surface area contributed by atoms with E-state index in [4.69, 9.17) is 9.15 Å². The molecule has 0 radical (unpaired) electrons. The van der Waals surface area contributed by atoms with Gasteiger partial charge in [-0.05, 0) is 30.2 Å². The molecule has 7 heteroatoms. The normalized spacial score (nSPS) is 14.5. The Bertz CT molecular complexity index is 1310. The fourth-order valence-corrected chi connectivity index (χ4v) is 5.50. The second-order valence-electron chi connectivity index (χ2n) is 8.33. The van der Waals surface area contributed by atoms with Crippen LogP contribution in [0.3, 0.4) is 0 Å². The molecule has 34 heavy (non-hydrogen) atoms. The summed E-state index contributed by atoms with van der Waals surface area (Å²) in [5, 5.41) is -0.0508. The molecule has 0 aliphatic carbocycles. The van der Waals surface area contributed by atoms with Crippen LogP contribution in [-0.4, -0.2) is 39.7 Å². The maximum atomic E-state index is 13.7. The molecule has 4 aromatic rings. The van der Waals surface area contributed by atoms with Crippen molar-refractivity contribution in [2.24, 2.45) is 0 Å². The van der Waals surface area contributed by atoms with Gasteiger partial charge in [0.05, 0.1) is 24.0 Å². The summed E-state index contributed by atoms with van der Waals surface area (Å²) in [5.41, 5.74) is 2.94. The monoisotopic (exact) mass is 474 g/mol. The first kappa shape index (κ1) is 22.4. The van der Waals surface area contributed by atoms with Gasteiger partial charge < -0.3 is 14.1 Å². The van der Waals surface area contributed by atoms with E-state index in [9.17, 15) is 8.42 Å². The molecule has 5 rings (SSSR count). The van der Waals surface area contributed by atoms with Crippen molar-refractivity contribution in [3.05, 3.63) is 108 Å². The predicted molar refractivity (Wildman–Crippen MR) is 130 cm³/mol. The molecule has 1 saturated heterocycles. The molecule has 1 fully saturated rings. The minimum Gasteiger partial charge on any atom is -0.423 e. The fourth-order valence-electron chi connectivity index (χ4n) is 4.18. The summed E-state index contributed by atoms with van der Waals surface area (Å²) >= 11 is 0. The molecule has 1 aromatic heterocycles. The summed E-state index contributed by atoms with van der Waals surface area (Å²) in [7, 11) is -3.90. The zero-order valence-electron chi connectivity index (χ0n) is 18.9. The van der Waals surface area contributed by atoms with Crippen LogP contribution in [0, 0.1) is 6.92 Å². The number of sulfone groups is 1. The molecule has 0 unspecified atom stereocenters. The lowest BCUT2D eigenvalue weighted by Gasteiger charge is -2.26. The predicted octanol–water partition coefficient (Wildman–Crippen LogP) is 4.83. The number of hydrogen-bond donors (Lipinski definition) is 0. The molecule has 0 atom stereocenters. The van der Waals surface area contributed by atoms with Crippen molar-refractivity contribution in [3.8, 4) is 0 Å². The minimum atomic E-state index is -3.90. The number of oxazole rings is 1. The van der Waals surface area contributed by atoms with Crippen molar-refractivity contribution >= 4 is 15.7 Å². The van der Waals surface area contributed by atoms with E-state index in [1.165, 1.54) is 0 Å². The highest BCUT2D eigenvalue weighted by Gasteiger charge is 2.34. The Hall–Kier alpha value is -3.42. The fraction of sp³-hybridized carbons (Fsp3) is 0.222. The van der Waals surface area contributed by atoms with Crippen LogP contribution in [0.5, 0.6) is 0 Å². The van der Waals surface area contributed by atoms with Gasteiger partial charge in [-0.3, -0.25) is 0 Å². The average Bonchev–Trinajstić information content (AvgIpc) is 3.32. The highest BCUT2D eigenvalue weighted by atomic mass is 32.2. The summed E-state index contributed by atoms with van der Waals surface area (Å²) in [6.45, 7) is 3.99. The Balaban J connectivity index is 1.69. The second kappa shape index (κ2) is 9.44. The summed E-state index contributed by atoms with van der Waals surface area (Å²) in [6, 6.07) is 26.6. The van der Waals surface area contributed by atoms with Crippen molar-refractivity contribution < 1.29 is 17.6 Å². The van der Waals surface area contributed by atoms with E-state index in [1.807, 2.05) is 72.5 Å². The summed E-state index contributed by atoms with van der Waals surface area (Å²) in [4.78, 5) is 6.78. The lowest BCUT2D eigenvalue weighted by molar-refractivity contribution is 0.120. The smallest absolute Gasteiger partial charge is 0.236 e. The Labute approximate surface area is 199 Å². The van der Waals surface area contributed by atoms with Crippen molar-refractivity contribution in [1.82, 2.24) is 4.98 Å². The lowest BCUT2D eigenvalue weighted by Crippen LogP contribution is -2.36. The third-order valence-electron chi connectivity index (χ3n) is 5.99. The third kappa shape index (κ3) is 4.36. The first-order chi connectivity index (χ1) is 16.5. The summed E-state index contributed by atoms with van der Waals surface area (Å²) in [6.07, 6.45) is 0. The number of hydrogen-bond acceptors (Lipinski definition) is 6. The van der Waals surface area contributed by atoms with Gasteiger partial charge in [0.25, 0.3) is 0 Å². The van der Waals surface area contributed by atoms with Crippen LogP contribution >= 0.6 is 0 Å². The van der Waals surface area contributed by atoms with E-state index in [2.05, 4.69) is 4.98 Å². The molecule has 3 aromatic carbocycles. The van der Waals surface area contributed by atoms with Crippen LogP contribution in [0.2, 0.25) is 0 Å². The maximum absolute atomic E-state index is 13.7. The Kier molecular flexibility index (Phi) is 6.22. The van der Waals surface area contributed by atoms with E-state index >= 15 is 0 Å². The molecule has 174 valence electrons. The molecule has 1 aliphatic rings. The van der Waals surface area contributed by atoms with Crippen molar-refractivity contribution in [1.29, 1.82) is 0 Å². The van der Waals surface area contributed by atoms with Crippen LogP contribution in [0.1, 0.15) is 28.5 Å². The van der Waals surface area contributed by atoms with Gasteiger partial charge in [0.15, 0.2) is 0 Å². The highest BCUT2D eigenvalue weighted by Crippen LogP contribution is 2.38. The average molecular weight is 475 g/mol. The van der Waals surface area contributed by atoms with Crippen LogP contribution in [0.4, 0.5) is 5.88 Å². The summed E-state index contributed by atoms with van der Waals surface area (Å²) in [5.74, 6) is 0.282. The van der Waals surface area contributed by atoms with Crippen molar-refractivity contribution in [3.63, 3.8) is 0 Å². The van der Waals surface area contributed by atoms with Gasteiger partial charge in [-0.1, -0.05) is 78.4 Å². The first-order valence-corrected chi connectivity index (χ1v) is 12.8. The summed E-state index contributed by atoms with van der Waals surface area (Å²) < 4.78 is 39.3. The Morgan fingerprint density at radius 2 is 1.38 bits per heavy atom. The Morgan fingerprint density at radius 1 is 0.824 bits per heavy atom. The van der Waals surface area contributed by atoms with E-state index in [0.29, 0.717) is 32.2 Å². The SMILES string of the molecule is Cc1ccc(S(=O)(=O)c2nc(C(c3ccccc3)c3ccccc3)oc2N2CCOCC2)cc1. The highest BCUT2D eigenvalue weighted by molar-refractivity contribution is 7.91. The lowest BCUT2D eigenvalue weighted by atomic mass is 9.91. The van der Waals surface area contributed by atoms with Gasteiger partial charge in [-0.25, -0.2) is 8.42 Å². The standard InChI is InChI=1S/C27H26N2O4S/c1-20-12-14-23(15-13-20)34(30,31)26-27(29-16-18-32-19-17-29)33-25(28-26)24(21-8-4-2-5-9-21)22-10-6-3-7-11-22/h2-15,24H,16-19H2,1H3. The number of aromatic nitrogens is 1. The number of nitrogens with zero attached hydrogens (tertiary/aromatic N) is 2. The number of benzene rings is 3. The minimum absolute atomic E-state index is 0.0508. The third-order valence-corrected chi connectivity index (χ3v) is 7.66. The van der Waals surface area contributed by atoms with E-state index in [1.54, 1.807) is 24.3 Å². The molecule has 0 N–H and O–H groups in total. The topological polar surface area (TPSA) is 72.6 Å². The van der Waals surface area contributed by atoms with E-state index < -0.39 is 9.84 Å². The zero-order chi connectivity index (χ0) is 23.5. The molecular formula is C27H26N2O4S. The van der Waals surface area contributed by atoms with E-state index in [-0.39, 0.29) is 21.7 Å².